The fraction of sp³-hybridized carbons (Fsp3) is 0.292. The third kappa shape index (κ3) is 7.18. The average Bonchev–Trinajstić information content (AvgIpc) is 3.24. The van der Waals surface area contributed by atoms with Crippen LogP contribution in [0.15, 0.2) is 53.1 Å². The van der Waals surface area contributed by atoms with Gasteiger partial charge in [-0.25, -0.2) is 13.2 Å². The number of benzene rings is 2. The van der Waals surface area contributed by atoms with Crippen LogP contribution in [0, 0.1) is 5.82 Å². The number of carbonyl (C=O) groups excluding carboxylic acids is 2. The van der Waals surface area contributed by atoms with Gasteiger partial charge in [0.05, 0.1) is 26.4 Å². The fourth-order valence-electron chi connectivity index (χ4n) is 3.24. The van der Waals surface area contributed by atoms with E-state index in [4.69, 9.17) is 9.26 Å². The highest BCUT2D eigenvalue weighted by Crippen LogP contribution is 2.21. The molecular formula is C24H26F3N3O5Si. The molecule has 0 saturated carbocycles. The zero-order chi connectivity index (χ0) is 26.5. The first-order valence-corrected chi connectivity index (χ1v) is 14.5. The molecular weight excluding hydrogens is 495 g/mol. The monoisotopic (exact) mass is 521 g/mol. The Hall–Kier alpha value is -3.64. The summed E-state index contributed by atoms with van der Waals surface area (Å²) in [7, 11) is -1.78. The molecule has 1 aromatic heterocycles. The molecule has 1 heterocycles. The molecule has 0 aliphatic rings. The van der Waals surface area contributed by atoms with Crippen LogP contribution in [0.2, 0.25) is 19.6 Å². The normalized spacial score (nSPS) is 12.4. The quantitative estimate of drug-likeness (QED) is 0.348. The minimum atomic E-state index is -2.59. The second-order valence-electron chi connectivity index (χ2n) is 9.04. The van der Waals surface area contributed by atoms with Gasteiger partial charge in [0.25, 0.3) is 24.1 Å². The molecule has 2 amide bonds. The van der Waals surface area contributed by atoms with Gasteiger partial charge in [0, 0.05) is 0 Å². The zero-order valence-corrected chi connectivity index (χ0v) is 20.8. The molecule has 1 unspecified atom stereocenters. The van der Waals surface area contributed by atoms with Crippen molar-refractivity contribution in [3.63, 3.8) is 0 Å². The maximum Gasteiger partial charge on any atom is 0.290 e. The van der Waals surface area contributed by atoms with Crippen LogP contribution in [0.25, 0.3) is 0 Å². The highest BCUT2D eigenvalue weighted by Gasteiger charge is 2.27. The Bertz CT molecular complexity index is 1210. The number of halogens is 3. The second-order valence-corrected chi connectivity index (χ2v) is 14.1. The minimum Gasteiger partial charge on any atom is -0.491 e. The molecule has 0 saturated heterocycles. The molecule has 3 N–H and O–H groups in total. The first kappa shape index (κ1) is 27.0. The lowest BCUT2D eigenvalue weighted by Gasteiger charge is -2.20. The van der Waals surface area contributed by atoms with Crippen molar-refractivity contribution in [3.05, 3.63) is 71.2 Å². The number of hydrogen-bond donors (Lipinski definition) is 3. The first-order chi connectivity index (χ1) is 16.9. The molecule has 0 fully saturated rings. The number of anilines is 1. The number of carbonyl (C=O) groups is 2. The van der Waals surface area contributed by atoms with E-state index in [9.17, 15) is 27.9 Å². The van der Waals surface area contributed by atoms with Gasteiger partial charge in [-0.1, -0.05) is 55.2 Å². The standard InChI is InChI=1S/C24H26F3N3O5Si/c1-36(2,3)16-8-9-18(17(25)10-16)28-24(33)22(29-23(32)19-11-21(31)30-35-19)15-6-4-14(5-7-15)12-34-13-20(26)27/h4-11,20,22H,12-13H2,1-3H3,(H,28,33)(H,29,32)(H,30,31). The van der Waals surface area contributed by atoms with E-state index in [1.54, 1.807) is 18.2 Å². The van der Waals surface area contributed by atoms with Crippen molar-refractivity contribution in [2.45, 2.75) is 38.7 Å². The number of aromatic hydroxyl groups is 1. The van der Waals surface area contributed by atoms with Gasteiger partial charge in [0.1, 0.15) is 18.5 Å². The van der Waals surface area contributed by atoms with Crippen LogP contribution in [0.1, 0.15) is 27.7 Å². The van der Waals surface area contributed by atoms with Gasteiger partial charge in [-0.2, -0.15) is 0 Å². The molecule has 0 bridgehead atoms. The van der Waals surface area contributed by atoms with E-state index in [0.717, 1.165) is 11.3 Å². The van der Waals surface area contributed by atoms with Gasteiger partial charge >= 0.3 is 0 Å². The van der Waals surface area contributed by atoms with Gasteiger partial charge in [0.2, 0.25) is 5.76 Å². The molecule has 0 aliphatic heterocycles. The van der Waals surface area contributed by atoms with E-state index in [0.29, 0.717) is 11.1 Å². The highest BCUT2D eigenvalue weighted by atomic mass is 28.3. The Kier molecular flexibility index (Phi) is 8.53. The average molecular weight is 522 g/mol. The van der Waals surface area contributed by atoms with Crippen LogP contribution in [0.4, 0.5) is 18.9 Å². The summed E-state index contributed by atoms with van der Waals surface area (Å²) in [6, 6.07) is 10.4. The van der Waals surface area contributed by atoms with Crippen LogP contribution in [-0.4, -0.2) is 43.2 Å². The number of amides is 2. The van der Waals surface area contributed by atoms with E-state index < -0.39 is 50.7 Å². The Labute approximate surface area is 206 Å². The summed E-state index contributed by atoms with van der Waals surface area (Å²) >= 11 is 0. The van der Waals surface area contributed by atoms with Gasteiger partial charge in [0.15, 0.2) is 0 Å². The molecule has 12 heteroatoms. The van der Waals surface area contributed by atoms with Crippen molar-refractivity contribution in [3.8, 4) is 5.88 Å². The Morgan fingerprint density at radius 2 is 1.81 bits per heavy atom. The van der Waals surface area contributed by atoms with Gasteiger partial charge in [-0.05, 0) is 28.4 Å². The Balaban J connectivity index is 1.83. The maximum atomic E-state index is 14.8. The number of rotatable bonds is 10. The molecule has 0 radical (unpaired) electrons. The number of aromatic nitrogens is 1. The lowest BCUT2D eigenvalue weighted by molar-refractivity contribution is -0.118. The van der Waals surface area contributed by atoms with Crippen LogP contribution in [0.3, 0.4) is 0 Å². The molecule has 2 aromatic carbocycles. The minimum absolute atomic E-state index is 0.0597. The number of hydrogen-bond acceptors (Lipinski definition) is 6. The van der Waals surface area contributed by atoms with Crippen molar-refractivity contribution in [2.75, 3.05) is 11.9 Å². The van der Waals surface area contributed by atoms with Crippen LogP contribution in [-0.2, 0) is 16.1 Å². The van der Waals surface area contributed by atoms with Crippen molar-refractivity contribution in [1.82, 2.24) is 10.5 Å². The van der Waals surface area contributed by atoms with Gasteiger partial charge in [-0.3, -0.25) is 9.59 Å². The number of ether oxygens (including phenoxy) is 1. The predicted molar refractivity (Wildman–Crippen MR) is 128 cm³/mol. The molecule has 36 heavy (non-hydrogen) atoms. The largest absolute Gasteiger partial charge is 0.491 e. The number of alkyl halides is 2. The summed E-state index contributed by atoms with van der Waals surface area (Å²) in [5, 5.41) is 18.4. The Morgan fingerprint density at radius 1 is 1.11 bits per heavy atom. The topological polar surface area (TPSA) is 114 Å². The third-order valence-corrected chi connectivity index (χ3v) is 7.22. The number of nitrogens with zero attached hydrogens (tertiary/aromatic N) is 1. The maximum absolute atomic E-state index is 14.8. The summed E-state index contributed by atoms with van der Waals surface area (Å²) in [5.74, 6) is -3.05. The first-order valence-electron chi connectivity index (χ1n) is 11.0. The fourth-order valence-corrected chi connectivity index (χ4v) is 4.38. The summed E-state index contributed by atoms with van der Waals surface area (Å²) < 4.78 is 49.0. The van der Waals surface area contributed by atoms with Crippen LogP contribution >= 0.6 is 0 Å². The van der Waals surface area contributed by atoms with Gasteiger partial charge < -0.3 is 25.0 Å². The number of nitrogens with one attached hydrogen (secondary N) is 2. The lowest BCUT2D eigenvalue weighted by atomic mass is 10.0. The van der Waals surface area contributed by atoms with E-state index in [1.807, 2.05) is 0 Å². The van der Waals surface area contributed by atoms with Crippen LogP contribution in [0.5, 0.6) is 5.88 Å². The van der Waals surface area contributed by atoms with Crippen LogP contribution < -0.4 is 15.8 Å². The predicted octanol–water partition coefficient (Wildman–Crippen LogP) is 3.96. The zero-order valence-electron chi connectivity index (χ0n) is 19.8. The summed E-state index contributed by atoms with van der Waals surface area (Å²) in [5.41, 5.74) is 0.829. The SMILES string of the molecule is C[Si](C)(C)c1ccc(NC(=O)C(NC(=O)c2cc(O)no2)c2ccc(COCC(F)F)cc2)c(F)c1. The summed E-state index contributed by atoms with van der Waals surface area (Å²) in [4.78, 5) is 25.8. The highest BCUT2D eigenvalue weighted by molar-refractivity contribution is 6.88. The van der Waals surface area contributed by atoms with Crippen molar-refractivity contribution < 1.29 is 37.1 Å². The smallest absolute Gasteiger partial charge is 0.290 e. The van der Waals surface area contributed by atoms with Crippen molar-refractivity contribution in [1.29, 1.82) is 0 Å². The molecule has 3 rings (SSSR count). The molecule has 1 atom stereocenters. The van der Waals surface area contributed by atoms with Crippen molar-refractivity contribution >= 4 is 30.8 Å². The molecule has 3 aromatic rings. The van der Waals surface area contributed by atoms with Gasteiger partial charge in [-0.15, -0.1) is 0 Å². The van der Waals surface area contributed by atoms with E-state index in [1.165, 1.54) is 24.3 Å². The van der Waals surface area contributed by atoms with E-state index in [2.05, 4.69) is 35.4 Å². The molecule has 8 nitrogen and oxygen atoms in total. The Morgan fingerprint density at radius 3 is 2.36 bits per heavy atom. The summed E-state index contributed by atoms with van der Waals surface area (Å²) in [6.45, 7) is 5.41. The molecule has 192 valence electrons. The molecule has 0 spiro atoms. The second kappa shape index (κ2) is 11.4. The molecule has 0 aliphatic carbocycles. The van der Waals surface area contributed by atoms with E-state index in [-0.39, 0.29) is 18.1 Å². The lowest BCUT2D eigenvalue weighted by Crippen LogP contribution is -2.38. The summed E-state index contributed by atoms with van der Waals surface area (Å²) in [6.07, 6.45) is -2.59. The third-order valence-electron chi connectivity index (χ3n) is 5.18. The van der Waals surface area contributed by atoms with E-state index >= 15 is 0 Å². The van der Waals surface area contributed by atoms with Crippen molar-refractivity contribution in [2.24, 2.45) is 0 Å².